The van der Waals surface area contributed by atoms with E-state index in [-0.39, 0.29) is 17.7 Å². The highest BCUT2D eigenvalue weighted by atomic mass is 16.5. The number of ether oxygens (including phenoxy) is 3. The largest absolute Gasteiger partial charge is 0.497 e. The van der Waals surface area contributed by atoms with Gasteiger partial charge in [0.05, 0.1) is 38.7 Å². The van der Waals surface area contributed by atoms with Gasteiger partial charge in [0.15, 0.2) is 5.78 Å². The fourth-order valence-corrected chi connectivity index (χ4v) is 4.94. The zero-order valence-electron chi connectivity index (χ0n) is 19.6. The molecule has 1 heterocycles. The number of allylic oxidation sites excluding steroid dienone is 1. The second-order valence-electron chi connectivity index (χ2n) is 8.55. The molecule has 3 aromatic carbocycles. The van der Waals surface area contributed by atoms with Crippen molar-refractivity contribution in [3.8, 4) is 17.2 Å². The Labute approximate surface area is 199 Å². The maximum absolute atomic E-state index is 13.8. The van der Waals surface area contributed by atoms with Crippen LogP contribution in [0.4, 0.5) is 11.4 Å². The van der Waals surface area contributed by atoms with Crippen molar-refractivity contribution in [1.82, 2.24) is 0 Å². The van der Waals surface area contributed by atoms with Gasteiger partial charge in [-0.1, -0.05) is 24.3 Å². The van der Waals surface area contributed by atoms with Crippen LogP contribution in [0.5, 0.6) is 17.2 Å². The van der Waals surface area contributed by atoms with Crippen LogP contribution < -0.4 is 24.8 Å². The predicted octanol–water partition coefficient (Wildman–Crippen LogP) is 5.69. The van der Waals surface area contributed by atoms with Gasteiger partial charge in [-0.3, -0.25) is 4.79 Å². The number of ketones is 1. The molecule has 2 atom stereocenters. The van der Waals surface area contributed by atoms with Crippen molar-refractivity contribution >= 4 is 17.2 Å². The Kier molecular flexibility index (Phi) is 5.88. The van der Waals surface area contributed by atoms with E-state index in [1.54, 1.807) is 21.3 Å². The van der Waals surface area contributed by atoms with Crippen molar-refractivity contribution < 1.29 is 19.0 Å². The molecule has 2 aliphatic rings. The Bertz CT molecular complexity index is 1270. The summed E-state index contributed by atoms with van der Waals surface area (Å²) in [7, 11) is 4.95. The third kappa shape index (κ3) is 3.96. The van der Waals surface area contributed by atoms with E-state index in [1.165, 1.54) is 0 Å². The lowest BCUT2D eigenvalue weighted by Gasteiger charge is -2.30. The number of para-hydroxylation sites is 2. The molecule has 0 radical (unpaired) electrons. The fraction of sp³-hybridized carbons (Fsp3) is 0.250. The van der Waals surface area contributed by atoms with Crippen molar-refractivity contribution in [1.29, 1.82) is 0 Å². The van der Waals surface area contributed by atoms with E-state index in [4.69, 9.17) is 14.2 Å². The number of Topliss-reactive ketones (excluding diaryl/α,β-unsaturated/α-hetero) is 1. The lowest BCUT2D eigenvalue weighted by molar-refractivity contribution is -0.116. The van der Waals surface area contributed by atoms with Crippen molar-refractivity contribution in [2.75, 3.05) is 32.0 Å². The van der Waals surface area contributed by atoms with Crippen LogP contribution >= 0.6 is 0 Å². The summed E-state index contributed by atoms with van der Waals surface area (Å²) >= 11 is 0. The van der Waals surface area contributed by atoms with E-state index in [1.807, 2.05) is 66.7 Å². The Morgan fingerprint density at radius 3 is 2.32 bits per heavy atom. The number of hydrogen-bond acceptors (Lipinski definition) is 6. The van der Waals surface area contributed by atoms with Crippen LogP contribution in [-0.2, 0) is 4.79 Å². The lowest BCUT2D eigenvalue weighted by atomic mass is 9.78. The lowest BCUT2D eigenvalue weighted by Crippen LogP contribution is -2.27. The van der Waals surface area contributed by atoms with Crippen LogP contribution in [0, 0.1) is 0 Å². The molecule has 6 nitrogen and oxygen atoms in total. The van der Waals surface area contributed by atoms with Crippen LogP contribution in [0.15, 0.2) is 78.0 Å². The van der Waals surface area contributed by atoms with Gasteiger partial charge in [-0.15, -0.1) is 0 Å². The van der Waals surface area contributed by atoms with Crippen LogP contribution in [0.1, 0.15) is 35.9 Å². The number of fused-ring (bicyclic) bond motifs is 1. The average molecular weight is 457 g/mol. The first-order valence-electron chi connectivity index (χ1n) is 11.4. The second kappa shape index (κ2) is 9.14. The van der Waals surface area contributed by atoms with Crippen LogP contribution in [0.25, 0.3) is 0 Å². The van der Waals surface area contributed by atoms with Gasteiger partial charge in [-0.05, 0) is 54.4 Å². The van der Waals surface area contributed by atoms with Crippen LogP contribution in [0.3, 0.4) is 0 Å². The van der Waals surface area contributed by atoms with Crippen LogP contribution in [-0.4, -0.2) is 27.1 Å². The molecule has 6 heteroatoms. The molecule has 0 saturated heterocycles. The molecule has 3 aromatic rings. The SMILES string of the molecule is COc1cccc(C2Nc3ccccc3NC3=C2C(=O)CC(c2cc(OC)ccc2OC)C3)c1. The van der Waals surface area contributed by atoms with E-state index >= 15 is 0 Å². The summed E-state index contributed by atoms with van der Waals surface area (Å²) < 4.78 is 16.5. The molecular formula is C28H28N2O4. The molecule has 0 aromatic heterocycles. The van der Waals surface area contributed by atoms with Gasteiger partial charge in [0, 0.05) is 29.2 Å². The number of methoxy groups -OCH3 is 3. The first kappa shape index (κ1) is 21.9. The summed E-state index contributed by atoms with van der Waals surface area (Å²) in [6.07, 6.45) is 1.07. The number of benzene rings is 3. The van der Waals surface area contributed by atoms with Gasteiger partial charge in [0.1, 0.15) is 17.2 Å². The highest BCUT2D eigenvalue weighted by Gasteiger charge is 2.37. The highest BCUT2D eigenvalue weighted by Crippen LogP contribution is 2.46. The monoisotopic (exact) mass is 456 g/mol. The van der Waals surface area contributed by atoms with E-state index in [0.29, 0.717) is 12.8 Å². The normalized spacial score (nSPS) is 19.2. The molecule has 1 aliphatic heterocycles. The minimum absolute atomic E-state index is 0.0278. The fourth-order valence-electron chi connectivity index (χ4n) is 4.94. The van der Waals surface area contributed by atoms with Crippen molar-refractivity contribution in [3.63, 3.8) is 0 Å². The molecule has 0 spiro atoms. The smallest absolute Gasteiger partial charge is 0.163 e. The first-order chi connectivity index (χ1) is 16.6. The molecule has 34 heavy (non-hydrogen) atoms. The molecule has 174 valence electrons. The van der Waals surface area contributed by atoms with E-state index in [0.717, 1.165) is 51.0 Å². The molecule has 1 aliphatic carbocycles. The number of carbonyl (C=O) groups excluding carboxylic acids is 1. The number of carbonyl (C=O) groups is 1. The molecule has 2 unspecified atom stereocenters. The summed E-state index contributed by atoms with van der Waals surface area (Å²) in [5.41, 5.74) is 5.56. The third-order valence-electron chi connectivity index (χ3n) is 6.61. The number of nitrogens with one attached hydrogen (secondary N) is 2. The Morgan fingerprint density at radius 2 is 1.56 bits per heavy atom. The molecule has 2 N–H and O–H groups in total. The van der Waals surface area contributed by atoms with Crippen LogP contribution in [0.2, 0.25) is 0 Å². The minimum atomic E-state index is -0.290. The summed E-state index contributed by atoms with van der Waals surface area (Å²) in [5, 5.41) is 7.19. The molecule has 0 amide bonds. The summed E-state index contributed by atoms with van der Waals surface area (Å²) in [6, 6.07) is 21.4. The number of hydrogen-bond donors (Lipinski definition) is 2. The van der Waals surface area contributed by atoms with Crippen molar-refractivity contribution in [2.45, 2.75) is 24.8 Å². The zero-order valence-corrected chi connectivity index (χ0v) is 19.6. The van der Waals surface area contributed by atoms with E-state index in [2.05, 4.69) is 10.6 Å². The Morgan fingerprint density at radius 1 is 0.794 bits per heavy atom. The third-order valence-corrected chi connectivity index (χ3v) is 6.61. The molecule has 0 bridgehead atoms. The number of rotatable bonds is 5. The first-order valence-corrected chi connectivity index (χ1v) is 11.4. The number of anilines is 2. The van der Waals surface area contributed by atoms with E-state index in [9.17, 15) is 4.79 Å². The van der Waals surface area contributed by atoms with Crippen molar-refractivity contribution in [3.05, 3.63) is 89.1 Å². The Balaban J connectivity index is 1.61. The van der Waals surface area contributed by atoms with Gasteiger partial charge < -0.3 is 24.8 Å². The minimum Gasteiger partial charge on any atom is -0.497 e. The standard InChI is InChI=1S/C28H28N2O4/c1-32-19-8-6-7-17(13-19)28-27-24(29-22-9-4-5-10-23(22)30-28)14-18(15-25(27)31)21-16-20(33-2)11-12-26(21)34-3/h4-13,16,18,28-30H,14-15H2,1-3H3. The van der Waals surface area contributed by atoms with Gasteiger partial charge in [0.25, 0.3) is 0 Å². The Hall–Kier alpha value is -3.93. The van der Waals surface area contributed by atoms with Gasteiger partial charge in [-0.2, -0.15) is 0 Å². The molecule has 0 saturated carbocycles. The topological polar surface area (TPSA) is 68.8 Å². The zero-order chi connectivity index (χ0) is 23.7. The highest BCUT2D eigenvalue weighted by molar-refractivity contribution is 6.01. The molecule has 5 rings (SSSR count). The molecule has 0 fully saturated rings. The summed E-state index contributed by atoms with van der Waals surface area (Å²) in [6.45, 7) is 0. The van der Waals surface area contributed by atoms with E-state index < -0.39 is 0 Å². The summed E-state index contributed by atoms with van der Waals surface area (Å²) in [5.74, 6) is 2.35. The van der Waals surface area contributed by atoms with Crippen molar-refractivity contribution in [2.24, 2.45) is 0 Å². The maximum atomic E-state index is 13.8. The quantitative estimate of drug-likeness (QED) is 0.514. The second-order valence-corrected chi connectivity index (χ2v) is 8.55. The molecular weight excluding hydrogens is 428 g/mol. The van der Waals surface area contributed by atoms with Gasteiger partial charge in [0.2, 0.25) is 0 Å². The average Bonchev–Trinajstić information content (AvgIpc) is 3.05. The summed E-state index contributed by atoms with van der Waals surface area (Å²) in [4.78, 5) is 13.8. The van der Waals surface area contributed by atoms with Gasteiger partial charge >= 0.3 is 0 Å². The maximum Gasteiger partial charge on any atom is 0.163 e. The van der Waals surface area contributed by atoms with Gasteiger partial charge in [-0.25, -0.2) is 0 Å². The predicted molar refractivity (Wildman–Crippen MR) is 133 cm³/mol.